The van der Waals surface area contributed by atoms with Gasteiger partial charge in [0.25, 0.3) is 0 Å². The second kappa shape index (κ2) is 7.14. The van der Waals surface area contributed by atoms with Crippen molar-refractivity contribution < 1.29 is 9.53 Å². The fourth-order valence-electron chi connectivity index (χ4n) is 1.49. The van der Waals surface area contributed by atoms with Crippen LogP contribution in [0.15, 0.2) is 18.2 Å². The number of rotatable bonds is 6. The quantitative estimate of drug-likeness (QED) is 0.808. The molecule has 1 aromatic rings. The average Bonchev–Trinajstić information content (AvgIpc) is 2.34. The maximum absolute atomic E-state index is 11.4. The summed E-state index contributed by atoms with van der Waals surface area (Å²) >= 11 is 5.90. The summed E-state index contributed by atoms with van der Waals surface area (Å²) in [5, 5.41) is 3.36. The monoisotopic (exact) mass is 256 g/mol. The summed E-state index contributed by atoms with van der Waals surface area (Å²) in [5.41, 5.74) is 6.23. The van der Waals surface area contributed by atoms with Crippen LogP contribution in [-0.2, 0) is 11.2 Å². The molecule has 0 unspecified atom stereocenters. The lowest BCUT2D eigenvalue weighted by molar-refractivity contribution is -0.120. The van der Waals surface area contributed by atoms with Crippen molar-refractivity contribution in [3.63, 3.8) is 0 Å². The molecule has 1 aromatic carbocycles. The summed E-state index contributed by atoms with van der Waals surface area (Å²) in [5.74, 6) is 0.735. The van der Waals surface area contributed by atoms with E-state index in [2.05, 4.69) is 5.32 Å². The van der Waals surface area contributed by atoms with E-state index in [1.54, 1.807) is 19.2 Å². The Hall–Kier alpha value is -1.26. The minimum Gasteiger partial charge on any atom is -0.496 e. The van der Waals surface area contributed by atoms with Gasteiger partial charge in [-0.3, -0.25) is 4.79 Å². The maximum Gasteiger partial charge on any atom is 0.220 e. The number of aryl methyl sites for hydroxylation is 1. The minimum absolute atomic E-state index is 0.0162. The van der Waals surface area contributed by atoms with Crippen molar-refractivity contribution in [3.05, 3.63) is 28.8 Å². The molecule has 0 saturated heterocycles. The van der Waals surface area contributed by atoms with Crippen LogP contribution in [0.1, 0.15) is 12.0 Å². The first-order valence-corrected chi connectivity index (χ1v) is 5.84. The highest BCUT2D eigenvalue weighted by Crippen LogP contribution is 2.23. The molecule has 0 fully saturated rings. The number of ether oxygens (including phenoxy) is 1. The molecule has 4 nitrogen and oxygen atoms in total. The van der Waals surface area contributed by atoms with Gasteiger partial charge in [-0.2, -0.15) is 0 Å². The van der Waals surface area contributed by atoms with Gasteiger partial charge in [-0.1, -0.05) is 11.6 Å². The second-order valence-electron chi connectivity index (χ2n) is 3.59. The number of hydrogen-bond acceptors (Lipinski definition) is 3. The number of nitrogens with two attached hydrogens (primary N) is 1. The third kappa shape index (κ3) is 4.63. The van der Waals surface area contributed by atoms with Gasteiger partial charge in [0.05, 0.1) is 7.11 Å². The van der Waals surface area contributed by atoms with Crippen LogP contribution < -0.4 is 15.8 Å². The highest BCUT2D eigenvalue weighted by Gasteiger charge is 2.07. The molecule has 0 radical (unpaired) electrons. The predicted octanol–water partition coefficient (Wildman–Crippen LogP) is 1.36. The van der Waals surface area contributed by atoms with Crippen LogP contribution in [0.2, 0.25) is 5.02 Å². The minimum atomic E-state index is -0.0162. The van der Waals surface area contributed by atoms with E-state index in [1.165, 1.54) is 0 Å². The molecule has 1 rings (SSSR count). The molecule has 0 aliphatic rings. The number of carbonyl (C=O) groups is 1. The van der Waals surface area contributed by atoms with E-state index >= 15 is 0 Å². The number of halogens is 1. The van der Waals surface area contributed by atoms with E-state index in [1.807, 2.05) is 6.07 Å². The van der Waals surface area contributed by atoms with Gasteiger partial charge < -0.3 is 15.8 Å². The van der Waals surface area contributed by atoms with E-state index in [-0.39, 0.29) is 5.91 Å². The highest BCUT2D eigenvalue weighted by molar-refractivity contribution is 6.30. The Labute approximate surface area is 106 Å². The molecule has 0 spiro atoms. The smallest absolute Gasteiger partial charge is 0.220 e. The topological polar surface area (TPSA) is 64.3 Å². The lowest BCUT2D eigenvalue weighted by Gasteiger charge is -2.09. The SMILES string of the molecule is COc1ccc(Cl)cc1CCC(=O)NCCN. The predicted molar refractivity (Wildman–Crippen MR) is 68.4 cm³/mol. The Morgan fingerprint density at radius 2 is 2.29 bits per heavy atom. The third-order valence-electron chi connectivity index (χ3n) is 2.33. The van der Waals surface area contributed by atoms with E-state index in [9.17, 15) is 4.79 Å². The number of carbonyl (C=O) groups excluding carboxylic acids is 1. The van der Waals surface area contributed by atoms with Crippen LogP contribution >= 0.6 is 11.6 Å². The number of benzene rings is 1. The fourth-order valence-corrected chi connectivity index (χ4v) is 1.69. The number of amides is 1. The van der Waals surface area contributed by atoms with Gasteiger partial charge in [-0.25, -0.2) is 0 Å². The summed E-state index contributed by atoms with van der Waals surface area (Å²) in [4.78, 5) is 11.4. The van der Waals surface area contributed by atoms with Crippen molar-refractivity contribution in [2.45, 2.75) is 12.8 Å². The summed E-state index contributed by atoms with van der Waals surface area (Å²) in [6.07, 6.45) is 0.997. The zero-order valence-corrected chi connectivity index (χ0v) is 10.6. The van der Waals surface area contributed by atoms with Crippen molar-refractivity contribution in [2.24, 2.45) is 5.73 Å². The first-order valence-electron chi connectivity index (χ1n) is 5.46. The fraction of sp³-hybridized carbons (Fsp3) is 0.417. The lowest BCUT2D eigenvalue weighted by atomic mass is 10.1. The van der Waals surface area contributed by atoms with Gasteiger partial charge in [-0.15, -0.1) is 0 Å². The van der Waals surface area contributed by atoms with Crippen molar-refractivity contribution in [1.29, 1.82) is 0 Å². The Morgan fingerprint density at radius 3 is 2.94 bits per heavy atom. The van der Waals surface area contributed by atoms with Crippen LogP contribution in [-0.4, -0.2) is 26.1 Å². The van der Waals surface area contributed by atoms with Crippen molar-refractivity contribution >= 4 is 17.5 Å². The largest absolute Gasteiger partial charge is 0.496 e. The molecule has 0 aliphatic carbocycles. The molecular formula is C12H17ClN2O2. The van der Waals surface area contributed by atoms with Crippen molar-refractivity contribution in [3.8, 4) is 5.75 Å². The Bertz CT molecular complexity index is 383. The molecule has 0 aromatic heterocycles. The molecular weight excluding hydrogens is 240 g/mol. The zero-order chi connectivity index (χ0) is 12.7. The number of hydrogen-bond donors (Lipinski definition) is 2. The first-order chi connectivity index (χ1) is 8.17. The van der Waals surface area contributed by atoms with Crippen molar-refractivity contribution in [2.75, 3.05) is 20.2 Å². The van der Waals surface area contributed by atoms with E-state index in [0.717, 1.165) is 11.3 Å². The zero-order valence-electron chi connectivity index (χ0n) is 9.83. The molecule has 0 heterocycles. The van der Waals surface area contributed by atoms with Gasteiger partial charge in [0.15, 0.2) is 0 Å². The van der Waals surface area contributed by atoms with Crippen molar-refractivity contribution in [1.82, 2.24) is 5.32 Å². The number of methoxy groups -OCH3 is 1. The van der Waals surface area contributed by atoms with Crippen LogP contribution in [0.3, 0.4) is 0 Å². The first kappa shape index (κ1) is 13.8. The molecule has 0 bridgehead atoms. The van der Waals surface area contributed by atoms with Crippen LogP contribution in [0.5, 0.6) is 5.75 Å². The highest BCUT2D eigenvalue weighted by atomic mass is 35.5. The summed E-state index contributed by atoms with van der Waals surface area (Å²) in [6, 6.07) is 5.38. The van der Waals surface area contributed by atoms with E-state index in [0.29, 0.717) is 31.0 Å². The molecule has 0 saturated carbocycles. The molecule has 3 N–H and O–H groups in total. The van der Waals surface area contributed by atoms with Crippen LogP contribution in [0.25, 0.3) is 0 Å². The standard InChI is InChI=1S/C12H17ClN2O2/c1-17-11-4-3-10(13)8-9(11)2-5-12(16)15-7-6-14/h3-4,8H,2,5-7,14H2,1H3,(H,15,16). The molecule has 0 atom stereocenters. The van der Waals surface area contributed by atoms with Gasteiger partial charge in [0.1, 0.15) is 5.75 Å². The maximum atomic E-state index is 11.4. The average molecular weight is 257 g/mol. The normalized spacial score (nSPS) is 10.1. The second-order valence-corrected chi connectivity index (χ2v) is 4.03. The third-order valence-corrected chi connectivity index (χ3v) is 2.57. The summed E-state index contributed by atoms with van der Waals surface area (Å²) < 4.78 is 5.20. The van der Waals surface area contributed by atoms with E-state index in [4.69, 9.17) is 22.1 Å². The molecule has 0 aliphatic heterocycles. The molecule has 17 heavy (non-hydrogen) atoms. The Balaban J connectivity index is 2.56. The van der Waals surface area contributed by atoms with Crippen LogP contribution in [0, 0.1) is 0 Å². The van der Waals surface area contributed by atoms with Gasteiger partial charge in [0.2, 0.25) is 5.91 Å². The summed E-state index contributed by atoms with van der Waals surface area (Å²) in [6.45, 7) is 0.956. The molecule has 5 heteroatoms. The molecule has 1 amide bonds. The number of nitrogens with one attached hydrogen (secondary N) is 1. The van der Waals surface area contributed by atoms with E-state index < -0.39 is 0 Å². The molecule has 94 valence electrons. The Kier molecular flexibility index (Phi) is 5.80. The van der Waals surface area contributed by atoms with Gasteiger partial charge in [0, 0.05) is 24.5 Å². The Morgan fingerprint density at radius 1 is 1.53 bits per heavy atom. The lowest BCUT2D eigenvalue weighted by Crippen LogP contribution is -2.29. The summed E-state index contributed by atoms with van der Waals surface area (Å²) in [7, 11) is 1.60. The van der Waals surface area contributed by atoms with Gasteiger partial charge in [-0.05, 0) is 30.2 Å². The van der Waals surface area contributed by atoms with Gasteiger partial charge >= 0.3 is 0 Å². The van der Waals surface area contributed by atoms with Crippen LogP contribution in [0.4, 0.5) is 0 Å².